The van der Waals surface area contributed by atoms with Crippen LogP contribution in [0.3, 0.4) is 0 Å². The first-order valence-electron chi connectivity index (χ1n) is 5.36. The molecule has 94 valence electrons. The van der Waals surface area contributed by atoms with Crippen molar-refractivity contribution in [1.29, 1.82) is 0 Å². The minimum Gasteiger partial charge on any atom is -0.398 e. The van der Waals surface area contributed by atoms with Gasteiger partial charge in [0.1, 0.15) is 0 Å². The van der Waals surface area contributed by atoms with Gasteiger partial charge in [-0.2, -0.15) is 11.8 Å². The van der Waals surface area contributed by atoms with Crippen LogP contribution < -0.4 is 11.1 Å². The largest absolute Gasteiger partial charge is 0.398 e. The lowest BCUT2D eigenvalue weighted by molar-refractivity contribution is 0.0949. The third-order valence-corrected chi connectivity index (χ3v) is 3.55. The molecule has 0 aliphatic rings. The van der Waals surface area contributed by atoms with E-state index in [2.05, 4.69) is 18.5 Å². The molecule has 5 heteroatoms. The molecule has 0 aliphatic heterocycles. The Morgan fingerprint density at radius 2 is 2.29 bits per heavy atom. The first-order chi connectivity index (χ1) is 8.04. The quantitative estimate of drug-likeness (QED) is 0.811. The van der Waals surface area contributed by atoms with Crippen LogP contribution in [0.15, 0.2) is 18.2 Å². The second kappa shape index (κ2) is 6.77. The molecule has 3 nitrogen and oxygen atoms in total. The highest BCUT2D eigenvalue weighted by Crippen LogP contribution is 2.19. The van der Waals surface area contributed by atoms with Gasteiger partial charge in [-0.05, 0) is 36.1 Å². The fraction of sp³-hybridized carbons (Fsp3) is 0.417. The summed E-state index contributed by atoms with van der Waals surface area (Å²) < 4.78 is 0. The summed E-state index contributed by atoms with van der Waals surface area (Å²) >= 11 is 7.63. The molecule has 0 aromatic heterocycles. The molecule has 0 radical (unpaired) electrons. The third kappa shape index (κ3) is 4.48. The zero-order valence-corrected chi connectivity index (χ0v) is 11.6. The number of hydrogen-bond donors (Lipinski definition) is 2. The lowest BCUT2D eigenvalue weighted by atomic mass is 10.1. The summed E-state index contributed by atoms with van der Waals surface area (Å²) in [6.07, 6.45) is 2.05. The number of nitrogen functional groups attached to an aromatic ring is 1. The SMILES string of the molecule is CSCC(C)CNC(=O)c1ccc(N)c(Cl)c1. The van der Waals surface area contributed by atoms with Crippen molar-refractivity contribution in [3.63, 3.8) is 0 Å². The maximum atomic E-state index is 11.8. The molecule has 0 saturated heterocycles. The number of anilines is 1. The summed E-state index contributed by atoms with van der Waals surface area (Å²) in [5.41, 5.74) is 6.61. The second-order valence-electron chi connectivity index (χ2n) is 4.01. The average molecular weight is 273 g/mol. The van der Waals surface area contributed by atoms with Gasteiger partial charge in [0.2, 0.25) is 0 Å². The predicted octanol–water partition coefficient (Wildman–Crippen LogP) is 2.65. The smallest absolute Gasteiger partial charge is 0.251 e. The van der Waals surface area contributed by atoms with Crippen LogP contribution in [-0.2, 0) is 0 Å². The summed E-state index contributed by atoms with van der Waals surface area (Å²) in [4.78, 5) is 11.8. The Morgan fingerprint density at radius 1 is 1.59 bits per heavy atom. The molecule has 0 aliphatic carbocycles. The minimum atomic E-state index is -0.111. The number of nitrogens with two attached hydrogens (primary N) is 1. The van der Waals surface area contributed by atoms with Gasteiger partial charge in [-0.3, -0.25) is 4.79 Å². The highest BCUT2D eigenvalue weighted by Gasteiger charge is 2.09. The van der Waals surface area contributed by atoms with Crippen LogP contribution in [0.5, 0.6) is 0 Å². The van der Waals surface area contributed by atoms with E-state index in [0.717, 1.165) is 5.75 Å². The summed E-state index contributed by atoms with van der Waals surface area (Å²) in [5, 5.41) is 3.29. The van der Waals surface area contributed by atoms with Crippen molar-refractivity contribution in [2.45, 2.75) is 6.92 Å². The number of benzene rings is 1. The molecule has 17 heavy (non-hydrogen) atoms. The molecule has 1 unspecified atom stereocenters. The number of carbonyl (C=O) groups is 1. The number of hydrogen-bond acceptors (Lipinski definition) is 3. The Balaban J connectivity index is 2.55. The number of amides is 1. The van der Waals surface area contributed by atoms with E-state index in [9.17, 15) is 4.79 Å². The fourth-order valence-corrected chi connectivity index (χ4v) is 2.25. The Morgan fingerprint density at radius 3 is 2.88 bits per heavy atom. The van der Waals surface area contributed by atoms with E-state index >= 15 is 0 Å². The molecule has 0 fully saturated rings. The van der Waals surface area contributed by atoms with E-state index in [1.807, 2.05) is 0 Å². The van der Waals surface area contributed by atoms with Gasteiger partial charge in [-0.1, -0.05) is 18.5 Å². The lowest BCUT2D eigenvalue weighted by Gasteiger charge is -2.11. The number of halogens is 1. The molecule has 3 N–H and O–H groups in total. The monoisotopic (exact) mass is 272 g/mol. The van der Waals surface area contributed by atoms with Crippen molar-refractivity contribution in [2.75, 3.05) is 24.3 Å². The highest BCUT2D eigenvalue weighted by atomic mass is 35.5. The molecule has 0 spiro atoms. The standard InChI is InChI=1S/C12H17ClN2OS/c1-8(7-17-2)6-15-12(16)9-3-4-11(14)10(13)5-9/h3-5,8H,6-7,14H2,1-2H3,(H,15,16). The van der Waals surface area contributed by atoms with Crippen molar-refractivity contribution >= 4 is 35.0 Å². The summed E-state index contributed by atoms with van der Waals surface area (Å²) in [6, 6.07) is 4.91. The molecule has 1 amide bonds. The van der Waals surface area contributed by atoms with Gasteiger partial charge in [-0.25, -0.2) is 0 Å². The van der Waals surface area contributed by atoms with Crippen LogP contribution in [0.2, 0.25) is 5.02 Å². The van der Waals surface area contributed by atoms with E-state index < -0.39 is 0 Å². The molecule has 1 rings (SSSR count). The molecule has 0 heterocycles. The zero-order chi connectivity index (χ0) is 12.8. The first kappa shape index (κ1) is 14.2. The Labute approximate surface area is 111 Å². The fourth-order valence-electron chi connectivity index (χ4n) is 1.38. The van der Waals surface area contributed by atoms with Crippen molar-refractivity contribution in [2.24, 2.45) is 5.92 Å². The maximum Gasteiger partial charge on any atom is 0.251 e. The van der Waals surface area contributed by atoms with Crippen LogP contribution in [0, 0.1) is 5.92 Å². The highest BCUT2D eigenvalue weighted by molar-refractivity contribution is 7.98. The van der Waals surface area contributed by atoms with Crippen molar-refractivity contribution < 1.29 is 4.79 Å². The predicted molar refractivity (Wildman–Crippen MR) is 75.7 cm³/mol. The van der Waals surface area contributed by atoms with Gasteiger partial charge in [-0.15, -0.1) is 0 Å². The maximum absolute atomic E-state index is 11.8. The Bertz CT molecular complexity index is 398. The summed E-state index contributed by atoms with van der Waals surface area (Å²) in [5.74, 6) is 1.38. The van der Waals surface area contributed by atoms with Gasteiger partial charge in [0.05, 0.1) is 10.7 Å². The van der Waals surface area contributed by atoms with Crippen LogP contribution in [0.4, 0.5) is 5.69 Å². The van der Waals surface area contributed by atoms with Crippen molar-refractivity contribution in [3.8, 4) is 0 Å². The van der Waals surface area contributed by atoms with Crippen LogP contribution in [-0.4, -0.2) is 24.5 Å². The number of nitrogens with one attached hydrogen (secondary N) is 1. The normalized spacial score (nSPS) is 12.2. The number of rotatable bonds is 5. The third-order valence-electron chi connectivity index (χ3n) is 2.32. The molecular formula is C12H17ClN2OS. The second-order valence-corrected chi connectivity index (χ2v) is 5.32. The minimum absolute atomic E-state index is 0.111. The molecule has 0 saturated carbocycles. The van der Waals surface area contributed by atoms with Gasteiger partial charge in [0, 0.05) is 12.1 Å². The topological polar surface area (TPSA) is 55.1 Å². The van der Waals surface area contributed by atoms with Crippen LogP contribution in [0.25, 0.3) is 0 Å². The van der Waals surface area contributed by atoms with Gasteiger partial charge < -0.3 is 11.1 Å². The summed E-state index contributed by atoms with van der Waals surface area (Å²) in [7, 11) is 0. The Kier molecular flexibility index (Phi) is 5.65. The van der Waals surface area contributed by atoms with Gasteiger partial charge in [0.15, 0.2) is 0 Å². The molecule has 1 aromatic carbocycles. The summed E-state index contributed by atoms with van der Waals surface area (Å²) in [6.45, 7) is 2.77. The zero-order valence-electron chi connectivity index (χ0n) is 10.00. The molecule has 1 aromatic rings. The van der Waals surface area contributed by atoms with E-state index in [4.69, 9.17) is 17.3 Å². The van der Waals surface area contributed by atoms with Crippen molar-refractivity contribution in [1.82, 2.24) is 5.32 Å². The van der Waals surface area contributed by atoms with Gasteiger partial charge >= 0.3 is 0 Å². The van der Waals surface area contributed by atoms with Crippen LogP contribution >= 0.6 is 23.4 Å². The lowest BCUT2D eigenvalue weighted by Crippen LogP contribution is -2.29. The average Bonchev–Trinajstić information content (AvgIpc) is 2.30. The van der Waals surface area contributed by atoms with E-state index in [0.29, 0.717) is 28.7 Å². The van der Waals surface area contributed by atoms with Crippen molar-refractivity contribution in [3.05, 3.63) is 28.8 Å². The number of carbonyl (C=O) groups excluding carboxylic acids is 1. The van der Waals surface area contributed by atoms with E-state index in [1.165, 1.54) is 0 Å². The number of thioether (sulfide) groups is 1. The van der Waals surface area contributed by atoms with Crippen LogP contribution in [0.1, 0.15) is 17.3 Å². The first-order valence-corrected chi connectivity index (χ1v) is 7.14. The Hall–Kier alpha value is -0.870. The molecule has 0 bridgehead atoms. The molecule has 1 atom stereocenters. The van der Waals surface area contributed by atoms with E-state index in [-0.39, 0.29) is 5.91 Å². The van der Waals surface area contributed by atoms with Gasteiger partial charge in [0.25, 0.3) is 5.91 Å². The molecular weight excluding hydrogens is 256 g/mol. The van der Waals surface area contributed by atoms with E-state index in [1.54, 1.807) is 30.0 Å².